The zero-order valence-electron chi connectivity index (χ0n) is 11.6. The molecule has 0 spiro atoms. The molecule has 1 nitrogen and oxygen atoms in total. The van der Waals surface area contributed by atoms with Crippen molar-refractivity contribution in [1.29, 1.82) is 0 Å². The van der Waals surface area contributed by atoms with Crippen molar-refractivity contribution in [2.45, 2.75) is 24.3 Å². The lowest BCUT2D eigenvalue weighted by atomic mass is 10.1. The van der Waals surface area contributed by atoms with Gasteiger partial charge in [-0.3, -0.25) is 0 Å². The molecule has 0 aliphatic rings. The fourth-order valence-electron chi connectivity index (χ4n) is 1.97. The number of benzene rings is 2. The summed E-state index contributed by atoms with van der Waals surface area (Å²) in [7, 11) is 2.04. The molecule has 0 aliphatic carbocycles. The fourth-order valence-corrected chi connectivity index (χ4v) is 2.98. The number of nitrogens with one attached hydrogen (secondary N) is 1. The van der Waals surface area contributed by atoms with Gasteiger partial charge < -0.3 is 5.32 Å². The standard InChI is InChI=1S/C17H21NS/c1-14-8-10-17(11-9-14)19-13-16(18-2)12-15-6-4-3-5-7-15/h3-11,16,18H,12-13H2,1-2H3. The molecule has 0 bridgehead atoms. The Morgan fingerprint density at radius 3 is 2.32 bits per heavy atom. The Morgan fingerprint density at radius 2 is 1.68 bits per heavy atom. The molecule has 0 radical (unpaired) electrons. The Balaban J connectivity index is 1.87. The molecule has 2 aromatic rings. The first-order valence-electron chi connectivity index (χ1n) is 6.68. The van der Waals surface area contributed by atoms with Gasteiger partial charge in [-0.05, 0) is 38.1 Å². The Hall–Kier alpha value is -1.25. The van der Waals surface area contributed by atoms with Crippen LogP contribution in [-0.2, 0) is 6.42 Å². The number of aryl methyl sites for hydroxylation is 1. The van der Waals surface area contributed by atoms with Crippen molar-refractivity contribution in [2.24, 2.45) is 0 Å². The number of hydrogen-bond donors (Lipinski definition) is 1. The largest absolute Gasteiger partial charge is 0.316 e. The van der Waals surface area contributed by atoms with Gasteiger partial charge in [0, 0.05) is 16.7 Å². The van der Waals surface area contributed by atoms with Crippen molar-refractivity contribution in [1.82, 2.24) is 5.32 Å². The molecule has 0 saturated heterocycles. The summed E-state index contributed by atoms with van der Waals surface area (Å²) in [5.41, 5.74) is 2.71. The molecule has 2 aromatic carbocycles. The van der Waals surface area contributed by atoms with Crippen LogP contribution < -0.4 is 5.32 Å². The molecule has 1 unspecified atom stereocenters. The first-order valence-corrected chi connectivity index (χ1v) is 7.67. The van der Waals surface area contributed by atoms with Gasteiger partial charge in [0.05, 0.1) is 0 Å². The average Bonchev–Trinajstić information content (AvgIpc) is 2.46. The highest BCUT2D eigenvalue weighted by molar-refractivity contribution is 7.99. The predicted molar refractivity (Wildman–Crippen MR) is 84.9 cm³/mol. The lowest BCUT2D eigenvalue weighted by Gasteiger charge is -2.16. The molecule has 1 atom stereocenters. The zero-order chi connectivity index (χ0) is 13.5. The second-order valence-corrected chi connectivity index (χ2v) is 5.89. The minimum absolute atomic E-state index is 0.508. The molecule has 19 heavy (non-hydrogen) atoms. The molecule has 0 aromatic heterocycles. The molecule has 0 saturated carbocycles. The molecule has 0 heterocycles. The highest BCUT2D eigenvalue weighted by atomic mass is 32.2. The van der Waals surface area contributed by atoms with Crippen molar-refractivity contribution in [3.63, 3.8) is 0 Å². The molecular weight excluding hydrogens is 250 g/mol. The van der Waals surface area contributed by atoms with Crippen LogP contribution in [0.25, 0.3) is 0 Å². The number of thioether (sulfide) groups is 1. The first kappa shape index (κ1) is 14.2. The summed E-state index contributed by atoms with van der Waals surface area (Å²) in [5.74, 6) is 1.09. The summed E-state index contributed by atoms with van der Waals surface area (Å²) in [6.45, 7) is 2.13. The summed E-state index contributed by atoms with van der Waals surface area (Å²) in [6.07, 6.45) is 1.08. The Kier molecular flexibility index (Phi) is 5.49. The van der Waals surface area contributed by atoms with E-state index in [0.717, 1.165) is 12.2 Å². The van der Waals surface area contributed by atoms with Crippen molar-refractivity contribution < 1.29 is 0 Å². The summed E-state index contributed by atoms with van der Waals surface area (Å²) in [6, 6.07) is 19.9. The summed E-state index contributed by atoms with van der Waals surface area (Å²) >= 11 is 1.92. The van der Waals surface area contributed by atoms with Crippen LogP contribution in [0.15, 0.2) is 59.5 Å². The molecule has 100 valence electrons. The Morgan fingerprint density at radius 1 is 1.00 bits per heavy atom. The van der Waals surface area contributed by atoms with E-state index >= 15 is 0 Å². The third-order valence-electron chi connectivity index (χ3n) is 3.21. The van der Waals surface area contributed by atoms with E-state index in [-0.39, 0.29) is 0 Å². The number of rotatable bonds is 6. The van der Waals surface area contributed by atoms with Gasteiger partial charge in [0.25, 0.3) is 0 Å². The van der Waals surface area contributed by atoms with Gasteiger partial charge in [-0.2, -0.15) is 0 Å². The van der Waals surface area contributed by atoms with Gasteiger partial charge in [-0.1, -0.05) is 48.0 Å². The topological polar surface area (TPSA) is 12.0 Å². The monoisotopic (exact) mass is 271 g/mol. The van der Waals surface area contributed by atoms with E-state index in [4.69, 9.17) is 0 Å². The second-order valence-electron chi connectivity index (χ2n) is 4.80. The van der Waals surface area contributed by atoms with E-state index in [0.29, 0.717) is 6.04 Å². The molecule has 2 heteroatoms. The van der Waals surface area contributed by atoms with Crippen LogP contribution in [0.3, 0.4) is 0 Å². The molecule has 0 aliphatic heterocycles. The zero-order valence-corrected chi connectivity index (χ0v) is 12.4. The lowest BCUT2D eigenvalue weighted by molar-refractivity contribution is 0.617. The van der Waals surface area contributed by atoms with Crippen LogP contribution in [0, 0.1) is 6.92 Å². The van der Waals surface area contributed by atoms with Crippen molar-refractivity contribution >= 4 is 11.8 Å². The van der Waals surface area contributed by atoms with Crippen LogP contribution in [0.4, 0.5) is 0 Å². The average molecular weight is 271 g/mol. The smallest absolute Gasteiger partial charge is 0.0199 e. The molecule has 0 fully saturated rings. The lowest BCUT2D eigenvalue weighted by Crippen LogP contribution is -2.29. The fraction of sp³-hybridized carbons (Fsp3) is 0.294. The van der Waals surface area contributed by atoms with Crippen LogP contribution in [0.1, 0.15) is 11.1 Å². The summed E-state index contributed by atoms with van der Waals surface area (Å²) in [4.78, 5) is 1.35. The third-order valence-corrected chi connectivity index (χ3v) is 4.38. The highest BCUT2D eigenvalue weighted by Gasteiger charge is 2.07. The van der Waals surface area contributed by atoms with Gasteiger partial charge in [0.2, 0.25) is 0 Å². The maximum absolute atomic E-state index is 3.41. The molecule has 1 N–H and O–H groups in total. The quantitative estimate of drug-likeness (QED) is 0.799. The second kappa shape index (κ2) is 7.37. The van der Waals surface area contributed by atoms with Crippen molar-refractivity contribution in [3.8, 4) is 0 Å². The van der Waals surface area contributed by atoms with Gasteiger partial charge in [-0.15, -0.1) is 11.8 Å². The maximum atomic E-state index is 3.41. The van der Waals surface area contributed by atoms with Crippen LogP contribution >= 0.6 is 11.8 Å². The van der Waals surface area contributed by atoms with Crippen molar-refractivity contribution in [3.05, 3.63) is 65.7 Å². The maximum Gasteiger partial charge on any atom is 0.0199 e. The minimum atomic E-state index is 0.508. The van der Waals surface area contributed by atoms with E-state index in [2.05, 4.69) is 66.8 Å². The van der Waals surface area contributed by atoms with Crippen LogP contribution in [-0.4, -0.2) is 18.8 Å². The summed E-state index contributed by atoms with van der Waals surface area (Å²) in [5, 5.41) is 3.41. The Bertz CT molecular complexity index is 478. The number of hydrogen-bond acceptors (Lipinski definition) is 2. The Labute approximate surface area is 120 Å². The van der Waals surface area contributed by atoms with Crippen LogP contribution in [0.2, 0.25) is 0 Å². The van der Waals surface area contributed by atoms with E-state index < -0.39 is 0 Å². The van der Waals surface area contributed by atoms with Gasteiger partial charge in [0.1, 0.15) is 0 Å². The van der Waals surface area contributed by atoms with Gasteiger partial charge >= 0.3 is 0 Å². The van der Waals surface area contributed by atoms with E-state index in [1.807, 2.05) is 18.8 Å². The molecule has 2 rings (SSSR count). The predicted octanol–water partition coefficient (Wildman–Crippen LogP) is 3.92. The van der Waals surface area contributed by atoms with Gasteiger partial charge in [0.15, 0.2) is 0 Å². The molecular formula is C17H21NS. The van der Waals surface area contributed by atoms with Gasteiger partial charge in [-0.25, -0.2) is 0 Å². The minimum Gasteiger partial charge on any atom is -0.316 e. The highest BCUT2D eigenvalue weighted by Crippen LogP contribution is 2.20. The molecule has 0 amide bonds. The van der Waals surface area contributed by atoms with Crippen LogP contribution in [0.5, 0.6) is 0 Å². The first-order chi connectivity index (χ1) is 9.28. The number of likely N-dealkylation sites (N-methyl/N-ethyl adjacent to an activating group) is 1. The normalized spacial score (nSPS) is 12.3. The SMILES string of the molecule is CNC(CSc1ccc(C)cc1)Cc1ccccc1. The van der Waals surface area contributed by atoms with E-state index in [1.54, 1.807) is 0 Å². The third kappa shape index (κ3) is 4.73. The van der Waals surface area contributed by atoms with E-state index in [1.165, 1.54) is 16.0 Å². The van der Waals surface area contributed by atoms with Crippen molar-refractivity contribution in [2.75, 3.05) is 12.8 Å². The van der Waals surface area contributed by atoms with E-state index in [9.17, 15) is 0 Å². The summed E-state index contributed by atoms with van der Waals surface area (Å²) < 4.78 is 0.